The third-order valence-corrected chi connectivity index (χ3v) is 4.84. The van der Waals surface area contributed by atoms with Gasteiger partial charge in [-0.05, 0) is 55.0 Å². The van der Waals surface area contributed by atoms with E-state index in [1.54, 1.807) is 49.4 Å². The molecular formula is C25H17ClFNO5. The van der Waals surface area contributed by atoms with E-state index in [9.17, 15) is 14.0 Å². The molecule has 0 atom stereocenters. The quantitative estimate of drug-likeness (QED) is 0.275. The molecule has 3 aromatic carbocycles. The van der Waals surface area contributed by atoms with Crippen molar-refractivity contribution in [2.45, 2.75) is 6.92 Å². The molecule has 0 radical (unpaired) electrons. The Balaban J connectivity index is 1.66. The standard InChI is InChI=1S/C25H17ClFNO5/c1-2-31-21-14-15(12-18(26)22(21)32-24(29)16-8-4-3-5-9-16)13-20-25(30)33-23(28-20)17-10-6-7-11-19(17)27/h3-14H,2H2,1H3/b20-13-. The van der Waals surface area contributed by atoms with Gasteiger partial charge in [0.25, 0.3) is 0 Å². The Morgan fingerprint density at radius 2 is 1.85 bits per heavy atom. The van der Waals surface area contributed by atoms with Crippen LogP contribution in [-0.4, -0.2) is 24.4 Å². The van der Waals surface area contributed by atoms with Gasteiger partial charge in [-0.3, -0.25) is 0 Å². The van der Waals surface area contributed by atoms with E-state index in [-0.39, 0.29) is 40.3 Å². The fraction of sp³-hybridized carbons (Fsp3) is 0.0800. The molecule has 0 bridgehead atoms. The number of esters is 2. The number of benzene rings is 3. The molecule has 3 aromatic rings. The molecule has 0 aliphatic carbocycles. The SMILES string of the molecule is CCOc1cc(/C=C2\N=C(c3ccccc3F)OC2=O)cc(Cl)c1OC(=O)c1ccccc1. The molecule has 1 aliphatic heterocycles. The molecule has 166 valence electrons. The molecule has 0 fully saturated rings. The Labute approximate surface area is 193 Å². The van der Waals surface area contributed by atoms with Gasteiger partial charge in [-0.15, -0.1) is 0 Å². The first kappa shape index (κ1) is 22.2. The van der Waals surface area contributed by atoms with Crippen molar-refractivity contribution in [2.24, 2.45) is 4.99 Å². The van der Waals surface area contributed by atoms with E-state index in [1.807, 2.05) is 0 Å². The van der Waals surface area contributed by atoms with Crippen molar-refractivity contribution in [3.05, 3.63) is 100.0 Å². The highest BCUT2D eigenvalue weighted by molar-refractivity contribution is 6.32. The molecule has 0 amide bonds. The van der Waals surface area contributed by atoms with Crippen LogP contribution >= 0.6 is 11.6 Å². The first-order chi connectivity index (χ1) is 16.0. The molecule has 8 heteroatoms. The van der Waals surface area contributed by atoms with Gasteiger partial charge in [-0.25, -0.2) is 19.0 Å². The minimum atomic E-state index is -0.734. The van der Waals surface area contributed by atoms with Crippen LogP contribution in [0.3, 0.4) is 0 Å². The van der Waals surface area contributed by atoms with Gasteiger partial charge in [0.1, 0.15) is 5.82 Å². The van der Waals surface area contributed by atoms with Crippen molar-refractivity contribution in [1.82, 2.24) is 0 Å². The lowest BCUT2D eigenvalue weighted by Crippen LogP contribution is -2.10. The Hall–Kier alpha value is -3.97. The molecule has 6 nitrogen and oxygen atoms in total. The Morgan fingerprint density at radius 3 is 2.58 bits per heavy atom. The second kappa shape index (κ2) is 9.67. The fourth-order valence-electron chi connectivity index (χ4n) is 3.08. The second-order valence-electron chi connectivity index (χ2n) is 6.83. The second-order valence-corrected chi connectivity index (χ2v) is 7.24. The third kappa shape index (κ3) is 4.94. The minimum absolute atomic E-state index is 0.0409. The van der Waals surface area contributed by atoms with Crippen LogP contribution < -0.4 is 9.47 Å². The van der Waals surface area contributed by atoms with Gasteiger partial charge in [0.2, 0.25) is 5.90 Å². The molecule has 0 saturated heterocycles. The fourth-order valence-corrected chi connectivity index (χ4v) is 3.33. The van der Waals surface area contributed by atoms with E-state index in [4.69, 9.17) is 25.8 Å². The summed E-state index contributed by atoms with van der Waals surface area (Å²) in [6, 6.07) is 17.3. The molecule has 1 heterocycles. The van der Waals surface area contributed by atoms with E-state index in [0.717, 1.165) is 0 Å². The number of halogens is 2. The maximum absolute atomic E-state index is 14.0. The predicted octanol–water partition coefficient (Wildman–Crippen LogP) is 5.44. The number of ether oxygens (including phenoxy) is 3. The highest BCUT2D eigenvalue weighted by atomic mass is 35.5. The predicted molar refractivity (Wildman–Crippen MR) is 121 cm³/mol. The number of aliphatic imine (C=N–C) groups is 1. The maximum Gasteiger partial charge on any atom is 0.363 e. The lowest BCUT2D eigenvalue weighted by Gasteiger charge is -2.13. The van der Waals surface area contributed by atoms with Crippen LogP contribution in [0.15, 0.2) is 77.4 Å². The molecule has 0 aromatic heterocycles. The van der Waals surface area contributed by atoms with Crippen molar-refractivity contribution in [2.75, 3.05) is 6.61 Å². The van der Waals surface area contributed by atoms with Crippen LogP contribution in [0.2, 0.25) is 5.02 Å². The van der Waals surface area contributed by atoms with Crippen molar-refractivity contribution in [1.29, 1.82) is 0 Å². The summed E-state index contributed by atoms with van der Waals surface area (Å²) < 4.78 is 30.2. The maximum atomic E-state index is 14.0. The zero-order chi connectivity index (χ0) is 23.4. The van der Waals surface area contributed by atoms with E-state index >= 15 is 0 Å². The molecule has 0 saturated carbocycles. The highest BCUT2D eigenvalue weighted by Crippen LogP contribution is 2.38. The minimum Gasteiger partial charge on any atom is -0.490 e. The third-order valence-electron chi connectivity index (χ3n) is 4.56. The number of carbonyl (C=O) groups is 2. The summed E-state index contributed by atoms with van der Waals surface area (Å²) in [7, 11) is 0. The largest absolute Gasteiger partial charge is 0.490 e. The number of cyclic esters (lactones) is 1. The number of hydrogen-bond donors (Lipinski definition) is 0. The van der Waals surface area contributed by atoms with Gasteiger partial charge >= 0.3 is 11.9 Å². The van der Waals surface area contributed by atoms with Gasteiger partial charge < -0.3 is 14.2 Å². The summed E-state index contributed by atoms with van der Waals surface area (Å²) in [5, 5.41) is 0.0988. The van der Waals surface area contributed by atoms with E-state index < -0.39 is 17.8 Å². The molecule has 0 unspecified atom stereocenters. The molecule has 0 N–H and O–H groups in total. The highest BCUT2D eigenvalue weighted by Gasteiger charge is 2.26. The average Bonchev–Trinajstić information content (AvgIpc) is 3.17. The molecule has 0 spiro atoms. The number of rotatable bonds is 6. The normalized spacial score (nSPS) is 14.1. The van der Waals surface area contributed by atoms with Crippen LogP contribution in [-0.2, 0) is 9.53 Å². The van der Waals surface area contributed by atoms with E-state index in [1.165, 1.54) is 30.3 Å². The zero-order valence-electron chi connectivity index (χ0n) is 17.4. The lowest BCUT2D eigenvalue weighted by molar-refractivity contribution is -0.129. The van der Waals surface area contributed by atoms with Crippen LogP contribution in [0, 0.1) is 5.82 Å². The smallest absolute Gasteiger partial charge is 0.363 e. The number of nitrogens with zero attached hydrogens (tertiary/aromatic N) is 1. The van der Waals surface area contributed by atoms with Gasteiger partial charge in [-0.2, -0.15) is 0 Å². The van der Waals surface area contributed by atoms with Crippen molar-refractivity contribution in [3.8, 4) is 11.5 Å². The number of carbonyl (C=O) groups excluding carboxylic acids is 2. The van der Waals surface area contributed by atoms with Gasteiger partial charge in [-0.1, -0.05) is 41.9 Å². The van der Waals surface area contributed by atoms with Crippen LogP contribution in [0.1, 0.15) is 28.4 Å². The lowest BCUT2D eigenvalue weighted by atomic mass is 10.1. The van der Waals surface area contributed by atoms with Gasteiger partial charge in [0.05, 0.1) is 22.8 Å². The van der Waals surface area contributed by atoms with E-state index in [2.05, 4.69) is 4.99 Å². The first-order valence-corrected chi connectivity index (χ1v) is 10.3. The van der Waals surface area contributed by atoms with Crippen molar-refractivity contribution in [3.63, 3.8) is 0 Å². The zero-order valence-corrected chi connectivity index (χ0v) is 18.1. The molecule has 33 heavy (non-hydrogen) atoms. The van der Waals surface area contributed by atoms with Crippen LogP contribution in [0.25, 0.3) is 6.08 Å². The molecule has 1 aliphatic rings. The summed E-state index contributed by atoms with van der Waals surface area (Å²) in [4.78, 5) is 28.9. The monoisotopic (exact) mass is 465 g/mol. The van der Waals surface area contributed by atoms with Crippen molar-refractivity contribution >= 4 is 35.5 Å². The summed E-state index contributed by atoms with van der Waals surface area (Å²) >= 11 is 6.38. The summed E-state index contributed by atoms with van der Waals surface area (Å²) in [5.74, 6) is -1.75. The van der Waals surface area contributed by atoms with Gasteiger partial charge in [0, 0.05) is 0 Å². The average molecular weight is 466 g/mol. The topological polar surface area (TPSA) is 74.2 Å². The Bertz CT molecular complexity index is 1290. The van der Waals surface area contributed by atoms with Crippen molar-refractivity contribution < 1.29 is 28.2 Å². The van der Waals surface area contributed by atoms with Gasteiger partial charge in [0.15, 0.2) is 17.2 Å². The summed E-state index contributed by atoms with van der Waals surface area (Å²) in [5.41, 5.74) is 0.839. The first-order valence-electron chi connectivity index (χ1n) is 9.97. The summed E-state index contributed by atoms with van der Waals surface area (Å²) in [6.45, 7) is 2.05. The number of hydrogen-bond acceptors (Lipinski definition) is 6. The molecule has 4 rings (SSSR count). The van der Waals surface area contributed by atoms with Crippen LogP contribution in [0.5, 0.6) is 11.5 Å². The molecular weight excluding hydrogens is 449 g/mol. The summed E-state index contributed by atoms with van der Waals surface area (Å²) in [6.07, 6.45) is 1.42. The Morgan fingerprint density at radius 1 is 1.12 bits per heavy atom. The Kier molecular flexibility index (Phi) is 6.51. The van der Waals surface area contributed by atoms with Crippen LogP contribution in [0.4, 0.5) is 4.39 Å². The van der Waals surface area contributed by atoms with E-state index in [0.29, 0.717) is 11.1 Å².